The molecule has 0 amide bonds. The van der Waals surface area contributed by atoms with Crippen LogP contribution in [0.1, 0.15) is 51.4 Å². The molecule has 2 aliphatic rings. The molecule has 0 unspecified atom stereocenters. The van der Waals surface area contributed by atoms with Crippen LogP contribution >= 0.6 is 11.8 Å². The Morgan fingerprint density at radius 2 is 1.31 bits per heavy atom. The van der Waals surface area contributed by atoms with E-state index in [2.05, 4.69) is 11.8 Å². The first-order valence-electron chi connectivity index (χ1n) is 5.75. The van der Waals surface area contributed by atoms with E-state index < -0.39 is 0 Å². The molecule has 0 bridgehead atoms. The number of nitrogens with two attached hydrogens (primary N) is 1. The molecule has 76 valence electrons. The molecule has 2 aliphatic carbocycles. The zero-order valence-electron chi connectivity index (χ0n) is 8.37. The molecule has 0 aromatic rings. The van der Waals surface area contributed by atoms with E-state index in [1.807, 2.05) is 0 Å². The Balaban J connectivity index is 1.69. The summed E-state index contributed by atoms with van der Waals surface area (Å²) in [7, 11) is 0. The monoisotopic (exact) mass is 199 g/mol. The number of hydrogen-bond acceptors (Lipinski definition) is 2. The summed E-state index contributed by atoms with van der Waals surface area (Å²) in [6.07, 6.45) is 11.2. The Morgan fingerprint density at radius 3 is 1.92 bits per heavy atom. The van der Waals surface area contributed by atoms with Crippen molar-refractivity contribution in [2.24, 2.45) is 5.73 Å². The largest absolute Gasteiger partial charge is 0.328 e. The second kappa shape index (κ2) is 4.70. The van der Waals surface area contributed by atoms with Crippen molar-refractivity contribution in [3.05, 3.63) is 0 Å². The van der Waals surface area contributed by atoms with E-state index >= 15 is 0 Å². The lowest BCUT2D eigenvalue weighted by Crippen LogP contribution is -2.28. The highest BCUT2D eigenvalue weighted by Crippen LogP contribution is 2.37. The summed E-state index contributed by atoms with van der Waals surface area (Å²) in [6, 6.07) is 0.514. The standard InChI is InChI=1S/C11H21NS/c12-9-5-7-11(8-6-9)13-10-3-1-2-4-10/h9-11H,1-8,12H2. The first kappa shape index (κ1) is 9.85. The van der Waals surface area contributed by atoms with Gasteiger partial charge in [-0.15, -0.1) is 0 Å². The van der Waals surface area contributed by atoms with Gasteiger partial charge in [0, 0.05) is 16.5 Å². The second-order valence-corrected chi connectivity index (χ2v) is 6.18. The SMILES string of the molecule is NC1CCC(SC2CCCC2)CC1. The van der Waals surface area contributed by atoms with Gasteiger partial charge < -0.3 is 5.73 Å². The fourth-order valence-corrected chi connectivity index (χ4v) is 4.22. The Hall–Kier alpha value is 0.310. The molecular weight excluding hydrogens is 178 g/mol. The van der Waals surface area contributed by atoms with Crippen molar-refractivity contribution in [1.29, 1.82) is 0 Å². The highest BCUT2D eigenvalue weighted by atomic mass is 32.2. The molecule has 13 heavy (non-hydrogen) atoms. The van der Waals surface area contributed by atoms with E-state index in [-0.39, 0.29) is 0 Å². The number of thioether (sulfide) groups is 1. The van der Waals surface area contributed by atoms with Crippen LogP contribution < -0.4 is 5.73 Å². The molecule has 2 N–H and O–H groups in total. The molecule has 2 fully saturated rings. The van der Waals surface area contributed by atoms with Gasteiger partial charge in [-0.05, 0) is 38.5 Å². The first-order valence-corrected chi connectivity index (χ1v) is 6.70. The molecule has 0 heterocycles. The molecule has 2 rings (SSSR count). The lowest BCUT2D eigenvalue weighted by molar-refractivity contribution is 0.450. The van der Waals surface area contributed by atoms with E-state index in [0.717, 1.165) is 10.5 Å². The summed E-state index contributed by atoms with van der Waals surface area (Å²) in [6.45, 7) is 0. The lowest BCUT2D eigenvalue weighted by Gasteiger charge is -2.27. The third-order valence-corrected chi connectivity index (χ3v) is 5.12. The molecular formula is C11H21NS. The van der Waals surface area contributed by atoms with Crippen LogP contribution in [0.2, 0.25) is 0 Å². The summed E-state index contributed by atoms with van der Waals surface area (Å²) in [5, 5.41) is 1.95. The van der Waals surface area contributed by atoms with Crippen molar-refractivity contribution in [3.63, 3.8) is 0 Å². The number of hydrogen-bond donors (Lipinski definition) is 1. The third-order valence-electron chi connectivity index (χ3n) is 3.41. The van der Waals surface area contributed by atoms with Crippen LogP contribution in [0.4, 0.5) is 0 Å². The highest BCUT2D eigenvalue weighted by molar-refractivity contribution is 8.00. The molecule has 0 aliphatic heterocycles. The van der Waals surface area contributed by atoms with E-state index in [4.69, 9.17) is 5.73 Å². The minimum absolute atomic E-state index is 0.514. The van der Waals surface area contributed by atoms with Gasteiger partial charge >= 0.3 is 0 Å². The van der Waals surface area contributed by atoms with Crippen LogP contribution in [0.3, 0.4) is 0 Å². The van der Waals surface area contributed by atoms with Crippen LogP contribution in [-0.4, -0.2) is 16.5 Å². The summed E-state index contributed by atoms with van der Waals surface area (Å²) in [4.78, 5) is 0. The van der Waals surface area contributed by atoms with Gasteiger partial charge in [0.15, 0.2) is 0 Å². The van der Waals surface area contributed by atoms with Crippen LogP contribution in [0.15, 0.2) is 0 Å². The van der Waals surface area contributed by atoms with Gasteiger partial charge in [0.05, 0.1) is 0 Å². The fourth-order valence-electron chi connectivity index (χ4n) is 2.52. The van der Waals surface area contributed by atoms with E-state index in [1.54, 1.807) is 0 Å². The molecule has 0 atom stereocenters. The van der Waals surface area contributed by atoms with Crippen LogP contribution in [0.25, 0.3) is 0 Å². The smallest absolute Gasteiger partial charge is 0.00509 e. The van der Waals surface area contributed by atoms with Crippen LogP contribution in [0.5, 0.6) is 0 Å². The van der Waals surface area contributed by atoms with Crippen LogP contribution in [0, 0.1) is 0 Å². The Morgan fingerprint density at radius 1 is 0.769 bits per heavy atom. The molecule has 2 saturated carbocycles. The Kier molecular flexibility index (Phi) is 3.56. The number of rotatable bonds is 2. The normalized spacial score (nSPS) is 36.7. The average molecular weight is 199 g/mol. The van der Waals surface area contributed by atoms with Gasteiger partial charge in [-0.25, -0.2) is 0 Å². The highest BCUT2D eigenvalue weighted by Gasteiger charge is 2.24. The zero-order chi connectivity index (χ0) is 9.10. The topological polar surface area (TPSA) is 26.0 Å². The minimum atomic E-state index is 0.514. The molecule has 0 saturated heterocycles. The molecule has 0 aromatic carbocycles. The molecule has 2 heteroatoms. The van der Waals surface area contributed by atoms with Crippen molar-refractivity contribution in [2.45, 2.75) is 67.9 Å². The summed E-state index contributed by atoms with van der Waals surface area (Å²) in [5.74, 6) is 0. The molecule has 0 spiro atoms. The zero-order valence-corrected chi connectivity index (χ0v) is 9.19. The molecule has 1 nitrogen and oxygen atoms in total. The van der Waals surface area contributed by atoms with Crippen LogP contribution in [-0.2, 0) is 0 Å². The maximum absolute atomic E-state index is 5.90. The van der Waals surface area contributed by atoms with Gasteiger partial charge in [-0.2, -0.15) is 11.8 Å². The summed E-state index contributed by atoms with van der Waals surface area (Å²) < 4.78 is 0. The van der Waals surface area contributed by atoms with Crippen molar-refractivity contribution in [3.8, 4) is 0 Å². The lowest BCUT2D eigenvalue weighted by atomic mass is 9.96. The van der Waals surface area contributed by atoms with Gasteiger partial charge in [0.1, 0.15) is 0 Å². The minimum Gasteiger partial charge on any atom is -0.328 e. The van der Waals surface area contributed by atoms with Gasteiger partial charge in [-0.1, -0.05) is 12.8 Å². The van der Waals surface area contributed by atoms with Crippen molar-refractivity contribution >= 4 is 11.8 Å². The van der Waals surface area contributed by atoms with Gasteiger partial charge in [0.2, 0.25) is 0 Å². The molecule has 0 aromatic heterocycles. The quantitative estimate of drug-likeness (QED) is 0.740. The Labute approximate surface area is 85.8 Å². The van der Waals surface area contributed by atoms with E-state index in [0.29, 0.717) is 6.04 Å². The molecule has 0 radical (unpaired) electrons. The van der Waals surface area contributed by atoms with E-state index in [1.165, 1.54) is 51.4 Å². The summed E-state index contributed by atoms with van der Waals surface area (Å²) in [5.41, 5.74) is 5.90. The third kappa shape index (κ3) is 2.88. The van der Waals surface area contributed by atoms with E-state index in [9.17, 15) is 0 Å². The van der Waals surface area contributed by atoms with Gasteiger partial charge in [0.25, 0.3) is 0 Å². The summed E-state index contributed by atoms with van der Waals surface area (Å²) >= 11 is 2.27. The second-order valence-electron chi connectivity index (χ2n) is 4.58. The maximum atomic E-state index is 5.90. The van der Waals surface area contributed by atoms with Crippen molar-refractivity contribution in [1.82, 2.24) is 0 Å². The van der Waals surface area contributed by atoms with Crippen molar-refractivity contribution in [2.75, 3.05) is 0 Å². The predicted molar refractivity (Wildman–Crippen MR) is 60.1 cm³/mol. The predicted octanol–water partition coefficient (Wildman–Crippen LogP) is 2.93. The maximum Gasteiger partial charge on any atom is 0.00509 e. The first-order chi connectivity index (χ1) is 6.34. The van der Waals surface area contributed by atoms with Crippen molar-refractivity contribution < 1.29 is 0 Å². The fraction of sp³-hybridized carbons (Fsp3) is 1.00. The Bertz CT molecular complexity index is 146. The average Bonchev–Trinajstić information content (AvgIpc) is 2.62. The van der Waals surface area contributed by atoms with Gasteiger partial charge in [-0.3, -0.25) is 0 Å².